The lowest BCUT2D eigenvalue weighted by Gasteiger charge is -2.28. The highest BCUT2D eigenvalue weighted by atomic mass is 28.4. The van der Waals surface area contributed by atoms with Crippen LogP contribution < -0.4 is 5.32 Å². The van der Waals surface area contributed by atoms with Gasteiger partial charge in [-0.2, -0.15) is 0 Å². The minimum atomic E-state index is -2.99. The van der Waals surface area contributed by atoms with Crippen molar-refractivity contribution in [3.8, 4) is 0 Å². The molecule has 1 N–H and O–H groups in total. The van der Waals surface area contributed by atoms with Crippen LogP contribution in [0.1, 0.15) is 46.5 Å². The summed E-state index contributed by atoms with van der Waals surface area (Å²) in [5.41, 5.74) is 0. The van der Waals surface area contributed by atoms with Gasteiger partial charge in [0.05, 0.1) is 12.6 Å². The third-order valence-electron chi connectivity index (χ3n) is 3.84. The molecule has 7 nitrogen and oxygen atoms in total. The molecule has 1 aliphatic heterocycles. The molecule has 0 aromatic carbocycles. The van der Waals surface area contributed by atoms with Crippen molar-refractivity contribution in [3.05, 3.63) is 0 Å². The molecule has 0 unspecified atom stereocenters. The Morgan fingerprint density at radius 1 is 0.917 bits per heavy atom. The first kappa shape index (κ1) is 21.1. The predicted octanol–water partition coefficient (Wildman–Crippen LogP) is 2.19. The molecule has 0 aromatic heterocycles. The van der Waals surface area contributed by atoms with Gasteiger partial charge in [0.15, 0.2) is 5.78 Å². The molecule has 0 radical (unpaired) electrons. The van der Waals surface area contributed by atoms with Crippen LogP contribution in [0.3, 0.4) is 0 Å². The summed E-state index contributed by atoms with van der Waals surface area (Å²) in [5.74, 6) is -0.125. The average molecular weight is 361 g/mol. The largest absolute Gasteiger partial charge is 0.508 e. The summed E-state index contributed by atoms with van der Waals surface area (Å²) < 4.78 is 17.0. The van der Waals surface area contributed by atoms with Crippen LogP contribution in [-0.4, -0.2) is 65.0 Å². The lowest BCUT2D eigenvalue weighted by Crippen LogP contribution is -2.49. The van der Waals surface area contributed by atoms with Crippen molar-refractivity contribution >= 4 is 20.6 Å². The van der Waals surface area contributed by atoms with Crippen molar-refractivity contribution in [3.63, 3.8) is 0 Å². The summed E-state index contributed by atoms with van der Waals surface area (Å²) in [7, 11) is -2.99. The van der Waals surface area contributed by atoms with Gasteiger partial charge in [-0.1, -0.05) is 12.8 Å². The topological polar surface area (TPSA) is 77.1 Å². The number of carbonyl (C=O) groups excluding carboxylic acids is 2. The van der Waals surface area contributed by atoms with Gasteiger partial charge in [0, 0.05) is 32.9 Å². The van der Waals surface area contributed by atoms with E-state index >= 15 is 0 Å². The Hall–Kier alpha value is -0.963. The van der Waals surface area contributed by atoms with Crippen molar-refractivity contribution in [2.75, 3.05) is 39.5 Å². The number of nitrogens with one attached hydrogen (secondary N) is 1. The quantitative estimate of drug-likeness (QED) is 0.604. The number of Topliss-reactive ketones (excluding diaryl/α,β-unsaturated/α-hetero) is 1. The maximum absolute atomic E-state index is 12.3. The molecule has 0 atom stereocenters. The molecular formula is C16H32N2O5Si. The third-order valence-corrected chi connectivity index (χ3v) is 6.85. The second kappa shape index (κ2) is 11.6. The van der Waals surface area contributed by atoms with Crippen molar-refractivity contribution in [1.82, 2.24) is 10.2 Å². The summed E-state index contributed by atoms with van der Waals surface area (Å²) >= 11 is 0. The fraction of sp³-hybridized carbons (Fsp3) is 0.875. The van der Waals surface area contributed by atoms with E-state index in [-0.39, 0.29) is 24.4 Å². The molecular weight excluding hydrogens is 328 g/mol. The highest BCUT2D eigenvalue weighted by Gasteiger charge is 2.42. The molecule has 1 saturated heterocycles. The van der Waals surface area contributed by atoms with Crippen LogP contribution >= 0.6 is 0 Å². The van der Waals surface area contributed by atoms with Gasteiger partial charge >= 0.3 is 14.8 Å². The van der Waals surface area contributed by atoms with Crippen LogP contribution in [0, 0.1) is 0 Å². The number of carbonyl (C=O) groups is 2. The first-order chi connectivity index (χ1) is 11.6. The summed E-state index contributed by atoms with van der Waals surface area (Å²) in [5, 5.41) is 2.72. The monoisotopic (exact) mass is 360 g/mol. The number of nitrogens with zero attached hydrogens (tertiary/aromatic N) is 1. The van der Waals surface area contributed by atoms with Crippen LogP contribution in [0.25, 0.3) is 0 Å². The zero-order valence-corrected chi connectivity index (χ0v) is 16.3. The van der Waals surface area contributed by atoms with E-state index in [1.807, 2.05) is 20.8 Å². The lowest BCUT2D eigenvalue weighted by molar-refractivity contribution is -0.117. The van der Waals surface area contributed by atoms with Crippen LogP contribution in [-0.2, 0) is 18.1 Å². The van der Waals surface area contributed by atoms with E-state index in [1.165, 1.54) is 0 Å². The Kier molecular flexibility index (Phi) is 10.2. The van der Waals surface area contributed by atoms with Gasteiger partial charge in [-0.15, -0.1) is 0 Å². The molecule has 24 heavy (non-hydrogen) atoms. The molecule has 0 aromatic rings. The minimum Gasteiger partial charge on any atom is -0.373 e. The van der Waals surface area contributed by atoms with E-state index in [2.05, 4.69) is 5.32 Å². The molecule has 0 aliphatic carbocycles. The number of amides is 2. The van der Waals surface area contributed by atoms with Gasteiger partial charge in [-0.05, 0) is 33.6 Å². The fourth-order valence-corrected chi connectivity index (χ4v) is 5.29. The molecule has 0 spiro atoms. The number of urea groups is 1. The van der Waals surface area contributed by atoms with E-state index in [1.54, 1.807) is 4.90 Å². The number of ketones is 1. The van der Waals surface area contributed by atoms with Crippen molar-refractivity contribution < 1.29 is 22.9 Å². The summed E-state index contributed by atoms with van der Waals surface area (Å²) in [4.78, 5) is 26.3. The van der Waals surface area contributed by atoms with Crippen molar-refractivity contribution in [1.29, 1.82) is 0 Å². The van der Waals surface area contributed by atoms with Crippen LogP contribution in [0.2, 0.25) is 6.04 Å². The Labute approximate surface area is 146 Å². The van der Waals surface area contributed by atoms with Gasteiger partial charge in [0.1, 0.15) is 0 Å². The number of hydrogen-bond acceptors (Lipinski definition) is 5. The maximum Gasteiger partial charge on any atom is 0.508 e. The summed E-state index contributed by atoms with van der Waals surface area (Å²) in [6, 6.07) is -0.0789. The standard InChI is InChI=1S/C16H32N2O5Si/c1-4-21-24(22-5-2,23-6-3)14-15(19)13-17-16(20)18-11-9-7-8-10-12-18/h4-14H2,1-3H3,(H,17,20). The second-order valence-electron chi connectivity index (χ2n) is 5.76. The zero-order valence-electron chi connectivity index (χ0n) is 15.3. The third kappa shape index (κ3) is 7.29. The molecule has 1 aliphatic rings. The summed E-state index contributed by atoms with van der Waals surface area (Å²) in [6.07, 6.45) is 4.37. The second-order valence-corrected chi connectivity index (χ2v) is 8.34. The SMILES string of the molecule is CCO[Si](CC(=O)CNC(=O)N1CCCCCC1)(OCC)OCC. The predicted molar refractivity (Wildman–Crippen MR) is 93.9 cm³/mol. The fourth-order valence-electron chi connectivity index (χ4n) is 2.80. The number of rotatable bonds is 10. The van der Waals surface area contributed by atoms with Crippen molar-refractivity contribution in [2.45, 2.75) is 52.5 Å². The average Bonchev–Trinajstić information content (AvgIpc) is 2.82. The van der Waals surface area contributed by atoms with E-state index < -0.39 is 8.80 Å². The molecule has 0 bridgehead atoms. The lowest BCUT2D eigenvalue weighted by atomic mass is 10.2. The highest BCUT2D eigenvalue weighted by molar-refractivity contribution is 6.64. The Bertz CT molecular complexity index is 370. The highest BCUT2D eigenvalue weighted by Crippen LogP contribution is 2.16. The van der Waals surface area contributed by atoms with E-state index in [4.69, 9.17) is 13.3 Å². The molecule has 0 saturated carbocycles. The molecule has 1 rings (SSSR count). The van der Waals surface area contributed by atoms with Gasteiger partial charge in [-0.3, -0.25) is 4.79 Å². The minimum absolute atomic E-state index is 0.0166. The number of likely N-dealkylation sites (tertiary alicyclic amines) is 1. The van der Waals surface area contributed by atoms with Gasteiger partial charge in [-0.25, -0.2) is 4.79 Å². The van der Waals surface area contributed by atoms with E-state index in [9.17, 15) is 9.59 Å². The molecule has 2 amide bonds. The van der Waals surface area contributed by atoms with Gasteiger partial charge in [0.2, 0.25) is 0 Å². The first-order valence-electron chi connectivity index (χ1n) is 9.03. The molecule has 140 valence electrons. The maximum atomic E-state index is 12.3. The molecule has 1 heterocycles. The number of hydrogen-bond donors (Lipinski definition) is 1. The van der Waals surface area contributed by atoms with Crippen LogP contribution in [0.4, 0.5) is 4.79 Å². The molecule has 1 fully saturated rings. The normalized spacial score (nSPS) is 15.9. The first-order valence-corrected chi connectivity index (χ1v) is 11.0. The Morgan fingerprint density at radius 3 is 1.88 bits per heavy atom. The summed E-state index contributed by atoms with van der Waals surface area (Å²) in [6.45, 7) is 8.35. The Balaban J connectivity index is 2.50. The van der Waals surface area contributed by atoms with Crippen molar-refractivity contribution in [2.24, 2.45) is 0 Å². The van der Waals surface area contributed by atoms with Crippen LogP contribution in [0.15, 0.2) is 0 Å². The molecule has 8 heteroatoms. The smallest absolute Gasteiger partial charge is 0.373 e. The zero-order chi connectivity index (χ0) is 17.8. The van der Waals surface area contributed by atoms with Gasteiger partial charge in [0.25, 0.3) is 0 Å². The Morgan fingerprint density at radius 2 is 1.42 bits per heavy atom. The van der Waals surface area contributed by atoms with Crippen LogP contribution in [0.5, 0.6) is 0 Å². The van der Waals surface area contributed by atoms with E-state index in [0.29, 0.717) is 19.8 Å². The van der Waals surface area contributed by atoms with Gasteiger partial charge < -0.3 is 23.5 Å². The van der Waals surface area contributed by atoms with E-state index in [0.717, 1.165) is 38.8 Å².